The molecule has 1 aromatic rings. The first-order valence-electron chi connectivity index (χ1n) is 4.52. The predicted molar refractivity (Wildman–Crippen MR) is 59.2 cm³/mol. The summed E-state index contributed by atoms with van der Waals surface area (Å²) < 4.78 is 27.8. The van der Waals surface area contributed by atoms with Crippen molar-refractivity contribution in [3.05, 3.63) is 29.8 Å². The van der Waals surface area contributed by atoms with Crippen molar-refractivity contribution in [3.63, 3.8) is 0 Å². The van der Waals surface area contributed by atoms with Crippen LogP contribution >= 0.6 is 15.9 Å². The largest absolute Gasteiger partial charge is 0.435 e. The molecule has 0 aliphatic rings. The minimum absolute atomic E-state index is 0.0343. The van der Waals surface area contributed by atoms with Crippen LogP contribution in [0, 0.1) is 0 Å². The zero-order valence-corrected chi connectivity index (χ0v) is 9.84. The van der Waals surface area contributed by atoms with E-state index >= 15 is 0 Å². The predicted octanol–water partition coefficient (Wildman–Crippen LogP) is 2.41. The van der Waals surface area contributed by atoms with Crippen molar-refractivity contribution in [2.75, 3.05) is 11.9 Å². The van der Waals surface area contributed by atoms with E-state index in [2.05, 4.69) is 26.0 Å². The van der Waals surface area contributed by atoms with Gasteiger partial charge < -0.3 is 10.1 Å². The van der Waals surface area contributed by atoms with Gasteiger partial charge in [0.2, 0.25) is 0 Å². The van der Waals surface area contributed by atoms with Crippen molar-refractivity contribution >= 4 is 21.8 Å². The first-order valence-corrected chi connectivity index (χ1v) is 5.64. The maximum atomic E-state index is 11.8. The molecule has 16 heavy (non-hydrogen) atoms. The van der Waals surface area contributed by atoms with Crippen molar-refractivity contribution in [3.8, 4) is 5.75 Å². The molecule has 0 heterocycles. The van der Waals surface area contributed by atoms with Crippen LogP contribution in [0.1, 0.15) is 10.4 Å². The summed E-state index contributed by atoms with van der Waals surface area (Å²) in [6, 6.07) is 5.52. The minimum Gasteiger partial charge on any atom is -0.435 e. The number of hydrogen-bond donors (Lipinski definition) is 1. The fourth-order valence-electron chi connectivity index (χ4n) is 1.05. The maximum Gasteiger partial charge on any atom is 0.387 e. The molecule has 0 aromatic heterocycles. The number of alkyl halides is 3. The van der Waals surface area contributed by atoms with Gasteiger partial charge in [-0.05, 0) is 24.3 Å². The van der Waals surface area contributed by atoms with E-state index in [-0.39, 0.29) is 11.7 Å². The fourth-order valence-corrected chi connectivity index (χ4v) is 1.25. The molecule has 0 unspecified atom stereocenters. The van der Waals surface area contributed by atoms with E-state index in [0.29, 0.717) is 17.4 Å². The van der Waals surface area contributed by atoms with Gasteiger partial charge in [0, 0.05) is 17.4 Å². The molecule has 6 heteroatoms. The lowest BCUT2D eigenvalue weighted by molar-refractivity contribution is -0.0498. The number of nitrogens with one attached hydrogen (secondary N) is 1. The van der Waals surface area contributed by atoms with Gasteiger partial charge in [0.05, 0.1) is 0 Å². The number of amides is 1. The van der Waals surface area contributed by atoms with E-state index in [0.717, 1.165) is 0 Å². The lowest BCUT2D eigenvalue weighted by Gasteiger charge is -2.06. The van der Waals surface area contributed by atoms with Gasteiger partial charge >= 0.3 is 6.61 Å². The van der Waals surface area contributed by atoms with Crippen molar-refractivity contribution in [1.82, 2.24) is 5.32 Å². The molecular weight excluding hydrogens is 284 g/mol. The molecule has 0 bridgehead atoms. The maximum absolute atomic E-state index is 11.8. The van der Waals surface area contributed by atoms with E-state index in [1.807, 2.05) is 0 Å². The lowest BCUT2D eigenvalue weighted by atomic mass is 10.2. The van der Waals surface area contributed by atoms with Crippen molar-refractivity contribution in [2.24, 2.45) is 0 Å². The molecule has 0 saturated heterocycles. The summed E-state index contributed by atoms with van der Waals surface area (Å²) in [5.74, 6) is -0.213. The number of halogens is 3. The van der Waals surface area contributed by atoms with Crippen LogP contribution in [0.5, 0.6) is 5.75 Å². The minimum atomic E-state index is -2.85. The third-order valence-electron chi connectivity index (χ3n) is 1.72. The van der Waals surface area contributed by atoms with E-state index in [4.69, 9.17) is 0 Å². The number of rotatable bonds is 5. The van der Waals surface area contributed by atoms with Crippen LogP contribution in [0.25, 0.3) is 0 Å². The van der Waals surface area contributed by atoms with Crippen LogP contribution in [0.4, 0.5) is 8.78 Å². The number of carbonyl (C=O) groups excluding carboxylic acids is 1. The highest BCUT2D eigenvalue weighted by molar-refractivity contribution is 9.09. The van der Waals surface area contributed by atoms with Gasteiger partial charge in [0.1, 0.15) is 5.75 Å². The van der Waals surface area contributed by atoms with Crippen LogP contribution < -0.4 is 10.1 Å². The van der Waals surface area contributed by atoms with Crippen molar-refractivity contribution in [1.29, 1.82) is 0 Å². The second-order valence-electron chi connectivity index (χ2n) is 2.85. The topological polar surface area (TPSA) is 38.3 Å². The molecule has 1 aromatic carbocycles. The van der Waals surface area contributed by atoms with E-state index in [1.54, 1.807) is 0 Å². The molecule has 0 saturated carbocycles. The second kappa shape index (κ2) is 6.42. The summed E-state index contributed by atoms with van der Waals surface area (Å²) in [7, 11) is 0. The Balaban J connectivity index is 2.60. The van der Waals surface area contributed by atoms with Crippen molar-refractivity contribution in [2.45, 2.75) is 6.61 Å². The van der Waals surface area contributed by atoms with Crippen LogP contribution in [0.15, 0.2) is 24.3 Å². The van der Waals surface area contributed by atoms with Gasteiger partial charge in [-0.1, -0.05) is 15.9 Å². The Morgan fingerprint density at radius 3 is 2.50 bits per heavy atom. The third kappa shape index (κ3) is 4.14. The van der Waals surface area contributed by atoms with Gasteiger partial charge in [0.15, 0.2) is 0 Å². The quantitative estimate of drug-likeness (QED) is 0.847. The third-order valence-corrected chi connectivity index (χ3v) is 2.12. The Bertz CT molecular complexity index is 343. The summed E-state index contributed by atoms with van der Waals surface area (Å²) >= 11 is 3.17. The summed E-state index contributed by atoms with van der Waals surface area (Å²) in [6.07, 6.45) is 0. The average molecular weight is 294 g/mol. The second-order valence-corrected chi connectivity index (χ2v) is 3.64. The van der Waals surface area contributed by atoms with Crippen LogP contribution in [0.2, 0.25) is 0 Å². The van der Waals surface area contributed by atoms with Gasteiger partial charge in [-0.15, -0.1) is 0 Å². The molecule has 0 fully saturated rings. The van der Waals surface area contributed by atoms with E-state index in [1.165, 1.54) is 24.3 Å². The smallest absolute Gasteiger partial charge is 0.387 e. The fraction of sp³-hybridized carbons (Fsp3) is 0.300. The summed E-state index contributed by atoms with van der Waals surface area (Å²) in [5, 5.41) is 3.29. The standard InChI is InChI=1S/C10H10BrF2NO2/c11-5-6-14-9(15)7-1-3-8(4-2-7)16-10(12)13/h1-4,10H,5-6H2,(H,14,15). The van der Waals surface area contributed by atoms with Crippen molar-refractivity contribution < 1.29 is 18.3 Å². The van der Waals surface area contributed by atoms with Gasteiger partial charge in [-0.3, -0.25) is 4.79 Å². The lowest BCUT2D eigenvalue weighted by Crippen LogP contribution is -2.25. The molecule has 0 spiro atoms. The molecular formula is C10H10BrF2NO2. The molecule has 1 rings (SSSR count). The number of ether oxygens (including phenoxy) is 1. The number of carbonyl (C=O) groups is 1. The molecule has 88 valence electrons. The van der Waals surface area contributed by atoms with E-state index in [9.17, 15) is 13.6 Å². The zero-order chi connectivity index (χ0) is 12.0. The molecule has 0 atom stereocenters. The van der Waals surface area contributed by atoms with Gasteiger partial charge in [-0.2, -0.15) is 8.78 Å². The average Bonchev–Trinajstić information content (AvgIpc) is 2.26. The number of hydrogen-bond acceptors (Lipinski definition) is 2. The monoisotopic (exact) mass is 293 g/mol. The molecule has 3 nitrogen and oxygen atoms in total. The Morgan fingerprint density at radius 1 is 1.38 bits per heavy atom. The molecule has 1 amide bonds. The molecule has 0 radical (unpaired) electrons. The van der Waals surface area contributed by atoms with Crippen LogP contribution in [-0.2, 0) is 0 Å². The van der Waals surface area contributed by atoms with Gasteiger partial charge in [0.25, 0.3) is 5.91 Å². The first kappa shape index (κ1) is 12.9. The zero-order valence-electron chi connectivity index (χ0n) is 8.25. The molecule has 0 aliphatic heterocycles. The van der Waals surface area contributed by atoms with E-state index < -0.39 is 6.61 Å². The highest BCUT2D eigenvalue weighted by Crippen LogP contribution is 2.14. The Morgan fingerprint density at radius 2 is 2.00 bits per heavy atom. The normalized spacial score (nSPS) is 10.2. The van der Waals surface area contributed by atoms with Gasteiger partial charge in [-0.25, -0.2) is 0 Å². The summed E-state index contributed by atoms with van der Waals surface area (Å²) in [6.45, 7) is -2.35. The number of benzene rings is 1. The first-order chi connectivity index (χ1) is 7.63. The Kier molecular flexibility index (Phi) is 5.18. The Hall–Kier alpha value is -1.17. The highest BCUT2D eigenvalue weighted by atomic mass is 79.9. The molecule has 0 aliphatic carbocycles. The molecule has 1 N–H and O–H groups in total. The van der Waals surface area contributed by atoms with Crippen LogP contribution in [0.3, 0.4) is 0 Å². The highest BCUT2D eigenvalue weighted by Gasteiger charge is 2.07. The SMILES string of the molecule is O=C(NCCBr)c1ccc(OC(F)F)cc1. The Labute approximate surface area is 99.9 Å². The summed E-state index contributed by atoms with van der Waals surface area (Å²) in [4.78, 5) is 11.4. The summed E-state index contributed by atoms with van der Waals surface area (Å²) in [5.41, 5.74) is 0.405. The van der Waals surface area contributed by atoms with Crippen LogP contribution in [-0.4, -0.2) is 24.4 Å².